The molecule has 17 heavy (non-hydrogen) atoms. The van der Waals surface area contributed by atoms with Crippen molar-refractivity contribution in [1.29, 1.82) is 0 Å². The van der Waals surface area contributed by atoms with Gasteiger partial charge < -0.3 is 10.2 Å². The maximum absolute atomic E-state index is 10.4. The van der Waals surface area contributed by atoms with Gasteiger partial charge in [-0.1, -0.05) is 59.3 Å². The van der Waals surface area contributed by atoms with E-state index in [2.05, 4.69) is 20.8 Å². The van der Waals surface area contributed by atoms with Crippen molar-refractivity contribution < 1.29 is 10.2 Å². The molecule has 0 amide bonds. The first kappa shape index (κ1) is 15.0. The lowest BCUT2D eigenvalue weighted by molar-refractivity contribution is -0.0717. The molecule has 1 fully saturated rings. The minimum Gasteiger partial charge on any atom is -0.390 e. The van der Waals surface area contributed by atoms with Crippen molar-refractivity contribution in [2.45, 2.75) is 77.9 Å². The Labute approximate surface area is 106 Å². The second-order valence-corrected chi connectivity index (χ2v) is 5.67. The van der Waals surface area contributed by atoms with Crippen LogP contribution in [0.5, 0.6) is 0 Å². The fraction of sp³-hybridized carbons (Fsp3) is 1.00. The molecule has 1 aliphatic rings. The Hall–Kier alpha value is -0.0800. The molecule has 2 nitrogen and oxygen atoms in total. The van der Waals surface area contributed by atoms with Crippen molar-refractivity contribution in [2.24, 2.45) is 17.8 Å². The van der Waals surface area contributed by atoms with Crippen LogP contribution in [0.1, 0.15) is 65.7 Å². The summed E-state index contributed by atoms with van der Waals surface area (Å²) >= 11 is 0. The number of aliphatic hydroxyl groups excluding tert-OH is 2. The van der Waals surface area contributed by atoms with Crippen LogP contribution in [0.25, 0.3) is 0 Å². The molecular formula is C15H30O2. The normalized spacial score (nSPS) is 29.3. The lowest BCUT2D eigenvalue weighted by Crippen LogP contribution is -2.42. The average Bonchev–Trinajstić information content (AvgIpc) is 2.39. The zero-order valence-corrected chi connectivity index (χ0v) is 11.7. The lowest BCUT2D eigenvalue weighted by atomic mass is 9.72. The predicted molar refractivity (Wildman–Crippen MR) is 71.8 cm³/mol. The molecular weight excluding hydrogens is 212 g/mol. The molecule has 0 radical (unpaired) electrons. The molecule has 0 aliphatic heterocycles. The predicted octanol–water partition coefficient (Wildman–Crippen LogP) is 3.36. The molecule has 2 N–H and O–H groups in total. The summed E-state index contributed by atoms with van der Waals surface area (Å²) in [5.74, 6) is 1.19. The van der Waals surface area contributed by atoms with Crippen LogP contribution in [-0.2, 0) is 0 Å². The second-order valence-electron chi connectivity index (χ2n) is 5.67. The third-order valence-corrected chi connectivity index (χ3v) is 4.81. The van der Waals surface area contributed by atoms with Gasteiger partial charge in [0.05, 0.1) is 12.2 Å². The zero-order valence-electron chi connectivity index (χ0n) is 11.7. The highest BCUT2D eigenvalue weighted by Gasteiger charge is 2.35. The quantitative estimate of drug-likeness (QED) is 0.750. The van der Waals surface area contributed by atoms with E-state index in [1.807, 2.05) is 0 Å². The van der Waals surface area contributed by atoms with Gasteiger partial charge in [0, 0.05) is 0 Å². The molecule has 0 spiro atoms. The van der Waals surface area contributed by atoms with E-state index in [1.165, 1.54) is 19.3 Å². The SMILES string of the molecule is CCC(CC)C(O)C(O)C1CCCCC1CC. The van der Waals surface area contributed by atoms with E-state index in [-0.39, 0.29) is 5.92 Å². The first-order valence-corrected chi connectivity index (χ1v) is 7.51. The van der Waals surface area contributed by atoms with E-state index in [1.54, 1.807) is 0 Å². The monoisotopic (exact) mass is 242 g/mol. The fourth-order valence-electron chi connectivity index (χ4n) is 3.50. The lowest BCUT2D eigenvalue weighted by Gasteiger charge is -2.38. The van der Waals surface area contributed by atoms with Gasteiger partial charge in [0.25, 0.3) is 0 Å². The van der Waals surface area contributed by atoms with E-state index in [0.717, 1.165) is 25.7 Å². The Balaban J connectivity index is 2.62. The Morgan fingerprint density at radius 2 is 1.59 bits per heavy atom. The van der Waals surface area contributed by atoms with E-state index in [0.29, 0.717) is 11.8 Å². The minimum absolute atomic E-state index is 0.254. The van der Waals surface area contributed by atoms with Gasteiger partial charge in [0.15, 0.2) is 0 Å². The van der Waals surface area contributed by atoms with E-state index in [4.69, 9.17) is 0 Å². The van der Waals surface area contributed by atoms with Crippen LogP contribution in [0, 0.1) is 17.8 Å². The van der Waals surface area contributed by atoms with Gasteiger partial charge in [-0.05, 0) is 24.2 Å². The van der Waals surface area contributed by atoms with Crippen LogP contribution in [0.3, 0.4) is 0 Å². The second kappa shape index (κ2) is 7.38. The molecule has 2 heteroatoms. The highest BCUT2D eigenvalue weighted by molar-refractivity contribution is 4.86. The summed E-state index contributed by atoms with van der Waals surface area (Å²) in [6.45, 7) is 6.41. The highest BCUT2D eigenvalue weighted by Crippen LogP contribution is 2.36. The summed E-state index contributed by atoms with van der Waals surface area (Å²) < 4.78 is 0. The van der Waals surface area contributed by atoms with E-state index in [9.17, 15) is 10.2 Å². The molecule has 0 aromatic heterocycles. The number of rotatable bonds is 6. The van der Waals surface area contributed by atoms with Crippen LogP contribution in [0.15, 0.2) is 0 Å². The van der Waals surface area contributed by atoms with Gasteiger partial charge in [0.2, 0.25) is 0 Å². The number of aliphatic hydroxyl groups is 2. The molecule has 1 saturated carbocycles. The Bertz CT molecular complexity index is 201. The van der Waals surface area contributed by atoms with Gasteiger partial charge in [0.1, 0.15) is 0 Å². The average molecular weight is 242 g/mol. The van der Waals surface area contributed by atoms with Crippen LogP contribution in [-0.4, -0.2) is 22.4 Å². The maximum atomic E-state index is 10.4. The van der Waals surface area contributed by atoms with E-state index >= 15 is 0 Å². The Kier molecular flexibility index (Phi) is 6.50. The van der Waals surface area contributed by atoms with Gasteiger partial charge in [-0.2, -0.15) is 0 Å². The van der Waals surface area contributed by atoms with Crippen molar-refractivity contribution in [2.75, 3.05) is 0 Å². The Morgan fingerprint density at radius 3 is 2.12 bits per heavy atom. The third kappa shape index (κ3) is 3.69. The molecule has 4 unspecified atom stereocenters. The van der Waals surface area contributed by atoms with Crippen molar-refractivity contribution >= 4 is 0 Å². The summed E-state index contributed by atoms with van der Waals surface area (Å²) in [5, 5.41) is 20.7. The maximum Gasteiger partial charge on any atom is 0.0832 e. The van der Waals surface area contributed by atoms with Crippen LogP contribution in [0.2, 0.25) is 0 Å². The van der Waals surface area contributed by atoms with Gasteiger partial charge in [-0.25, -0.2) is 0 Å². The largest absolute Gasteiger partial charge is 0.390 e. The smallest absolute Gasteiger partial charge is 0.0832 e. The summed E-state index contributed by atoms with van der Waals surface area (Å²) in [6, 6.07) is 0. The van der Waals surface area contributed by atoms with Crippen LogP contribution >= 0.6 is 0 Å². The summed E-state index contributed by atoms with van der Waals surface area (Å²) in [6.07, 6.45) is 6.85. The summed E-state index contributed by atoms with van der Waals surface area (Å²) in [4.78, 5) is 0. The van der Waals surface area contributed by atoms with Crippen molar-refractivity contribution in [3.05, 3.63) is 0 Å². The number of hydrogen-bond donors (Lipinski definition) is 2. The molecule has 1 rings (SSSR count). The third-order valence-electron chi connectivity index (χ3n) is 4.81. The summed E-state index contributed by atoms with van der Waals surface area (Å²) in [7, 11) is 0. The summed E-state index contributed by atoms with van der Waals surface area (Å²) in [5.41, 5.74) is 0. The van der Waals surface area contributed by atoms with Crippen LogP contribution in [0.4, 0.5) is 0 Å². The molecule has 0 aromatic rings. The van der Waals surface area contributed by atoms with Crippen molar-refractivity contribution in [1.82, 2.24) is 0 Å². The molecule has 1 aliphatic carbocycles. The van der Waals surface area contributed by atoms with E-state index < -0.39 is 12.2 Å². The first-order chi connectivity index (χ1) is 8.15. The molecule has 0 saturated heterocycles. The molecule has 102 valence electrons. The number of hydrogen-bond acceptors (Lipinski definition) is 2. The standard InChI is InChI=1S/C15H30O2/c1-4-11(5-2)14(16)15(17)13-10-8-7-9-12(13)6-3/h11-17H,4-10H2,1-3H3. The van der Waals surface area contributed by atoms with Gasteiger partial charge in [-0.3, -0.25) is 0 Å². The molecule has 4 atom stereocenters. The molecule has 0 bridgehead atoms. The fourth-order valence-corrected chi connectivity index (χ4v) is 3.50. The molecule has 0 heterocycles. The Morgan fingerprint density at radius 1 is 1.00 bits per heavy atom. The van der Waals surface area contributed by atoms with Crippen molar-refractivity contribution in [3.63, 3.8) is 0 Å². The first-order valence-electron chi connectivity index (χ1n) is 7.51. The van der Waals surface area contributed by atoms with Gasteiger partial charge >= 0.3 is 0 Å². The van der Waals surface area contributed by atoms with Crippen LogP contribution < -0.4 is 0 Å². The van der Waals surface area contributed by atoms with Crippen molar-refractivity contribution in [3.8, 4) is 0 Å². The zero-order chi connectivity index (χ0) is 12.8. The van der Waals surface area contributed by atoms with Gasteiger partial charge in [-0.15, -0.1) is 0 Å². The molecule has 0 aromatic carbocycles. The minimum atomic E-state index is -0.526. The topological polar surface area (TPSA) is 40.5 Å². The highest BCUT2D eigenvalue weighted by atomic mass is 16.3.